The highest BCUT2D eigenvalue weighted by atomic mass is 16.3. The highest BCUT2D eigenvalue weighted by Crippen LogP contribution is 2.17. The first kappa shape index (κ1) is 12.9. The molecule has 0 unspecified atom stereocenters. The van der Waals surface area contributed by atoms with Crippen LogP contribution in [-0.2, 0) is 13.0 Å². The highest BCUT2D eigenvalue weighted by molar-refractivity contribution is 6.01. The Balaban J connectivity index is 3.13. The summed E-state index contributed by atoms with van der Waals surface area (Å²) in [5.74, 6) is -0.299. The van der Waals surface area contributed by atoms with E-state index in [2.05, 4.69) is 0 Å². The van der Waals surface area contributed by atoms with Gasteiger partial charge in [0.25, 0.3) is 0 Å². The molecule has 1 rings (SSSR count). The lowest BCUT2D eigenvalue weighted by Gasteiger charge is -2.16. The summed E-state index contributed by atoms with van der Waals surface area (Å²) in [5.41, 5.74) is 0.903. The molecule has 0 aromatic heterocycles. The largest absolute Gasteiger partial charge is 0.392 e. The second kappa shape index (κ2) is 4.76. The fourth-order valence-corrected chi connectivity index (χ4v) is 1.60. The van der Waals surface area contributed by atoms with E-state index in [-0.39, 0.29) is 12.4 Å². The van der Waals surface area contributed by atoms with Crippen LogP contribution in [0.25, 0.3) is 0 Å². The van der Waals surface area contributed by atoms with Crippen molar-refractivity contribution >= 4 is 5.78 Å². The van der Waals surface area contributed by atoms with Gasteiger partial charge in [0.1, 0.15) is 5.60 Å². The summed E-state index contributed by atoms with van der Waals surface area (Å²) < 4.78 is 0. The van der Waals surface area contributed by atoms with Crippen molar-refractivity contribution in [2.75, 3.05) is 0 Å². The van der Waals surface area contributed by atoms with E-state index in [0.717, 1.165) is 17.5 Å². The molecular weight excluding hydrogens is 204 g/mol. The Bertz CT molecular complexity index is 389. The van der Waals surface area contributed by atoms with E-state index in [0.29, 0.717) is 5.56 Å². The van der Waals surface area contributed by atoms with Gasteiger partial charge >= 0.3 is 0 Å². The minimum Gasteiger partial charge on any atom is -0.392 e. The number of carbonyl (C=O) groups excluding carboxylic acids is 1. The van der Waals surface area contributed by atoms with Gasteiger partial charge in [-0.3, -0.25) is 4.79 Å². The zero-order valence-corrected chi connectivity index (χ0v) is 9.95. The molecule has 0 bridgehead atoms. The Kier molecular flexibility index (Phi) is 3.83. The smallest absolute Gasteiger partial charge is 0.193 e. The SMILES string of the molecule is CCc1cc(C(=O)C(C)(C)O)ccc1CO. The number of carbonyl (C=O) groups is 1. The number of aryl methyl sites for hydroxylation is 1. The average molecular weight is 222 g/mol. The minimum atomic E-state index is -1.36. The summed E-state index contributed by atoms with van der Waals surface area (Å²) in [6.45, 7) is 4.88. The van der Waals surface area contributed by atoms with Crippen molar-refractivity contribution in [3.8, 4) is 0 Å². The first-order valence-corrected chi connectivity index (χ1v) is 5.40. The number of aliphatic hydroxyl groups is 2. The zero-order valence-electron chi connectivity index (χ0n) is 9.95. The van der Waals surface area contributed by atoms with Gasteiger partial charge in [-0.2, -0.15) is 0 Å². The van der Waals surface area contributed by atoms with Crippen molar-refractivity contribution in [3.63, 3.8) is 0 Å². The topological polar surface area (TPSA) is 57.5 Å². The van der Waals surface area contributed by atoms with Crippen LogP contribution < -0.4 is 0 Å². The van der Waals surface area contributed by atoms with Crippen molar-refractivity contribution < 1.29 is 15.0 Å². The molecule has 0 spiro atoms. The van der Waals surface area contributed by atoms with Crippen molar-refractivity contribution in [1.29, 1.82) is 0 Å². The third-order valence-electron chi connectivity index (χ3n) is 2.58. The molecule has 0 radical (unpaired) electrons. The van der Waals surface area contributed by atoms with Crippen LogP contribution >= 0.6 is 0 Å². The van der Waals surface area contributed by atoms with Gasteiger partial charge in [-0.15, -0.1) is 0 Å². The molecule has 3 nitrogen and oxygen atoms in total. The molecular formula is C13H18O3. The van der Waals surface area contributed by atoms with Crippen LogP contribution in [0.15, 0.2) is 18.2 Å². The van der Waals surface area contributed by atoms with Crippen LogP contribution in [0.4, 0.5) is 0 Å². The second-order valence-electron chi connectivity index (χ2n) is 4.38. The third kappa shape index (κ3) is 2.68. The van der Waals surface area contributed by atoms with E-state index in [1.807, 2.05) is 6.92 Å². The first-order chi connectivity index (χ1) is 7.40. The third-order valence-corrected chi connectivity index (χ3v) is 2.58. The summed E-state index contributed by atoms with van der Waals surface area (Å²) in [6.07, 6.45) is 0.753. The predicted molar refractivity (Wildman–Crippen MR) is 62.4 cm³/mol. The van der Waals surface area contributed by atoms with E-state index in [1.165, 1.54) is 13.8 Å². The van der Waals surface area contributed by atoms with E-state index in [1.54, 1.807) is 18.2 Å². The summed E-state index contributed by atoms with van der Waals surface area (Å²) in [4.78, 5) is 11.8. The van der Waals surface area contributed by atoms with Crippen molar-refractivity contribution in [3.05, 3.63) is 34.9 Å². The van der Waals surface area contributed by atoms with Crippen molar-refractivity contribution in [2.45, 2.75) is 39.4 Å². The van der Waals surface area contributed by atoms with Gasteiger partial charge in [0.15, 0.2) is 5.78 Å². The van der Waals surface area contributed by atoms with Crippen LogP contribution in [0.5, 0.6) is 0 Å². The predicted octanol–water partition coefficient (Wildman–Crippen LogP) is 1.69. The molecule has 1 aromatic carbocycles. The number of Topliss-reactive ketones (excluding diaryl/α,β-unsaturated/α-hetero) is 1. The van der Waals surface area contributed by atoms with Crippen molar-refractivity contribution in [2.24, 2.45) is 0 Å². The van der Waals surface area contributed by atoms with E-state index >= 15 is 0 Å². The van der Waals surface area contributed by atoms with Gasteiger partial charge in [-0.1, -0.05) is 19.1 Å². The van der Waals surface area contributed by atoms with Crippen LogP contribution in [0.3, 0.4) is 0 Å². The summed E-state index contributed by atoms with van der Waals surface area (Å²) in [6, 6.07) is 5.12. The van der Waals surface area contributed by atoms with Gasteiger partial charge in [-0.25, -0.2) is 0 Å². The molecule has 0 saturated heterocycles. The summed E-state index contributed by atoms with van der Waals surface area (Å²) in [5, 5.41) is 18.7. The number of aliphatic hydroxyl groups excluding tert-OH is 1. The van der Waals surface area contributed by atoms with Crippen LogP contribution in [-0.4, -0.2) is 21.6 Å². The monoisotopic (exact) mass is 222 g/mol. The maximum atomic E-state index is 11.8. The van der Waals surface area contributed by atoms with Gasteiger partial charge in [0.05, 0.1) is 6.61 Å². The molecule has 88 valence electrons. The Morgan fingerprint density at radius 1 is 1.31 bits per heavy atom. The second-order valence-corrected chi connectivity index (χ2v) is 4.38. The maximum Gasteiger partial charge on any atom is 0.193 e. The quantitative estimate of drug-likeness (QED) is 0.762. The standard InChI is InChI=1S/C13H18O3/c1-4-9-7-10(5-6-11(9)8-14)12(15)13(2,3)16/h5-7,14,16H,4,8H2,1-3H3. The fourth-order valence-electron chi connectivity index (χ4n) is 1.60. The Morgan fingerprint density at radius 2 is 1.94 bits per heavy atom. The fraction of sp³-hybridized carbons (Fsp3) is 0.462. The van der Waals surface area contributed by atoms with Gasteiger partial charge < -0.3 is 10.2 Å². The normalized spacial score (nSPS) is 11.6. The zero-order chi connectivity index (χ0) is 12.3. The molecule has 3 heteroatoms. The number of hydrogen-bond acceptors (Lipinski definition) is 3. The lowest BCUT2D eigenvalue weighted by Crippen LogP contribution is -2.31. The number of rotatable bonds is 4. The molecule has 0 amide bonds. The van der Waals surface area contributed by atoms with Crippen molar-refractivity contribution in [1.82, 2.24) is 0 Å². The number of benzene rings is 1. The van der Waals surface area contributed by atoms with Crippen LogP contribution in [0, 0.1) is 0 Å². The van der Waals surface area contributed by atoms with Crippen LogP contribution in [0.1, 0.15) is 42.3 Å². The van der Waals surface area contributed by atoms with Gasteiger partial charge in [0, 0.05) is 5.56 Å². The van der Waals surface area contributed by atoms with Gasteiger partial charge in [0.2, 0.25) is 0 Å². The molecule has 2 N–H and O–H groups in total. The molecule has 1 aromatic rings. The van der Waals surface area contributed by atoms with E-state index in [4.69, 9.17) is 5.11 Å². The number of hydrogen-bond donors (Lipinski definition) is 2. The molecule has 0 heterocycles. The molecule has 0 aliphatic carbocycles. The lowest BCUT2D eigenvalue weighted by atomic mass is 9.93. The van der Waals surface area contributed by atoms with Gasteiger partial charge in [-0.05, 0) is 37.5 Å². The Hall–Kier alpha value is -1.19. The molecule has 0 atom stereocenters. The van der Waals surface area contributed by atoms with Crippen LogP contribution in [0.2, 0.25) is 0 Å². The maximum absolute atomic E-state index is 11.8. The average Bonchev–Trinajstić information content (AvgIpc) is 2.25. The first-order valence-electron chi connectivity index (χ1n) is 5.40. The molecule has 0 aliphatic rings. The number of ketones is 1. The Morgan fingerprint density at radius 3 is 2.38 bits per heavy atom. The summed E-state index contributed by atoms with van der Waals surface area (Å²) >= 11 is 0. The molecule has 16 heavy (non-hydrogen) atoms. The molecule has 0 saturated carbocycles. The molecule has 0 fully saturated rings. The van der Waals surface area contributed by atoms with E-state index < -0.39 is 5.60 Å². The summed E-state index contributed by atoms with van der Waals surface area (Å²) in [7, 11) is 0. The highest BCUT2D eigenvalue weighted by Gasteiger charge is 2.25. The minimum absolute atomic E-state index is 0.0276. The lowest BCUT2D eigenvalue weighted by molar-refractivity contribution is 0.0488. The van der Waals surface area contributed by atoms with E-state index in [9.17, 15) is 9.90 Å². The Labute approximate surface area is 95.7 Å². The molecule has 0 aliphatic heterocycles.